The Balaban J connectivity index is 1.75. The van der Waals surface area contributed by atoms with Gasteiger partial charge in [0.15, 0.2) is 9.84 Å². The van der Waals surface area contributed by atoms with Crippen LogP contribution in [0.15, 0.2) is 24.5 Å². The zero-order chi connectivity index (χ0) is 13.0. The summed E-state index contributed by atoms with van der Waals surface area (Å²) in [6, 6.07) is 3.40. The highest BCUT2D eigenvalue weighted by molar-refractivity contribution is 7.91. The number of aromatic nitrogens is 1. The Morgan fingerprint density at radius 1 is 1.50 bits per heavy atom. The van der Waals surface area contributed by atoms with Gasteiger partial charge < -0.3 is 5.32 Å². The Morgan fingerprint density at radius 2 is 2.33 bits per heavy atom. The lowest BCUT2D eigenvalue weighted by Crippen LogP contribution is -2.26. The van der Waals surface area contributed by atoms with Crippen LogP contribution in [0.25, 0.3) is 0 Å². The van der Waals surface area contributed by atoms with Gasteiger partial charge in [0, 0.05) is 18.9 Å². The summed E-state index contributed by atoms with van der Waals surface area (Å²) >= 11 is 0. The van der Waals surface area contributed by atoms with Gasteiger partial charge >= 0.3 is 0 Å². The molecular formula is C12H16N2O3S. The van der Waals surface area contributed by atoms with E-state index >= 15 is 0 Å². The number of sulfone groups is 1. The Kier molecular flexibility index (Phi) is 3.96. The lowest BCUT2D eigenvalue weighted by atomic mass is 10.1. The van der Waals surface area contributed by atoms with Crippen LogP contribution in [0.2, 0.25) is 0 Å². The summed E-state index contributed by atoms with van der Waals surface area (Å²) < 4.78 is 22.5. The summed E-state index contributed by atoms with van der Waals surface area (Å²) in [4.78, 5) is 15.5. The summed E-state index contributed by atoms with van der Waals surface area (Å²) in [5.41, 5.74) is 0.525. The molecule has 1 aliphatic rings. The van der Waals surface area contributed by atoms with Gasteiger partial charge in [-0.05, 0) is 30.9 Å². The van der Waals surface area contributed by atoms with E-state index in [9.17, 15) is 13.2 Å². The summed E-state index contributed by atoms with van der Waals surface area (Å²) in [5, 5.41) is 2.78. The Labute approximate surface area is 107 Å². The molecule has 1 aliphatic heterocycles. The van der Waals surface area contributed by atoms with Crippen molar-refractivity contribution < 1.29 is 13.2 Å². The average molecular weight is 268 g/mol. The molecule has 0 radical (unpaired) electrons. The van der Waals surface area contributed by atoms with Gasteiger partial charge in [-0.3, -0.25) is 9.78 Å². The molecule has 1 saturated heterocycles. The SMILES string of the molecule is O=C(NCCC1CCS(=O)(=O)C1)c1cccnc1. The van der Waals surface area contributed by atoms with E-state index in [-0.39, 0.29) is 23.3 Å². The van der Waals surface area contributed by atoms with E-state index in [1.165, 1.54) is 6.20 Å². The van der Waals surface area contributed by atoms with E-state index in [4.69, 9.17) is 0 Å². The predicted octanol–water partition coefficient (Wildman–Crippen LogP) is 0.636. The van der Waals surface area contributed by atoms with Gasteiger partial charge in [-0.25, -0.2) is 8.42 Å². The highest BCUT2D eigenvalue weighted by Gasteiger charge is 2.27. The fraction of sp³-hybridized carbons (Fsp3) is 0.500. The second-order valence-electron chi connectivity index (χ2n) is 4.56. The van der Waals surface area contributed by atoms with Gasteiger partial charge in [0.1, 0.15) is 0 Å². The van der Waals surface area contributed by atoms with Gasteiger partial charge in [0.25, 0.3) is 5.91 Å². The Hall–Kier alpha value is -1.43. The van der Waals surface area contributed by atoms with E-state index < -0.39 is 9.84 Å². The lowest BCUT2D eigenvalue weighted by molar-refractivity contribution is 0.0951. The predicted molar refractivity (Wildman–Crippen MR) is 67.9 cm³/mol. The number of pyridine rings is 1. The van der Waals surface area contributed by atoms with Crippen molar-refractivity contribution in [3.63, 3.8) is 0 Å². The first-order valence-electron chi connectivity index (χ1n) is 5.95. The molecule has 1 unspecified atom stereocenters. The third-order valence-electron chi connectivity index (χ3n) is 3.09. The fourth-order valence-electron chi connectivity index (χ4n) is 2.09. The number of rotatable bonds is 4. The summed E-state index contributed by atoms with van der Waals surface area (Å²) in [6.07, 6.45) is 4.55. The van der Waals surface area contributed by atoms with Crippen LogP contribution in [0.1, 0.15) is 23.2 Å². The third-order valence-corrected chi connectivity index (χ3v) is 4.93. The summed E-state index contributed by atoms with van der Waals surface area (Å²) in [7, 11) is -2.82. The maximum atomic E-state index is 11.7. The quantitative estimate of drug-likeness (QED) is 0.869. The molecule has 0 spiro atoms. The van der Waals surface area contributed by atoms with Crippen molar-refractivity contribution in [2.24, 2.45) is 5.92 Å². The smallest absolute Gasteiger partial charge is 0.252 e. The first-order valence-corrected chi connectivity index (χ1v) is 7.77. The number of carbonyl (C=O) groups excluding carboxylic acids is 1. The Bertz CT molecular complexity index is 513. The van der Waals surface area contributed by atoms with Crippen LogP contribution in [-0.4, -0.2) is 37.4 Å². The molecule has 2 rings (SSSR count). The van der Waals surface area contributed by atoms with Gasteiger partial charge in [0.05, 0.1) is 17.1 Å². The molecule has 0 bridgehead atoms. The molecule has 1 N–H and O–H groups in total. The normalized spacial score (nSPS) is 21.7. The molecule has 5 nitrogen and oxygen atoms in total. The van der Waals surface area contributed by atoms with E-state index in [0.717, 1.165) is 0 Å². The number of hydrogen-bond donors (Lipinski definition) is 1. The lowest BCUT2D eigenvalue weighted by Gasteiger charge is -2.08. The zero-order valence-electron chi connectivity index (χ0n) is 10.0. The molecular weight excluding hydrogens is 252 g/mol. The maximum absolute atomic E-state index is 11.7. The van der Waals surface area contributed by atoms with E-state index in [1.807, 2.05) is 0 Å². The van der Waals surface area contributed by atoms with Crippen molar-refractivity contribution in [1.82, 2.24) is 10.3 Å². The van der Waals surface area contributed by atoms with Crippen LogP contribution in [0, 0.1) is 5.92 Å². The average Bonchev–Trinajstić information content (AvgIpc) is 2.70. The molecule has 1 fully saturated rings. The molecule has 6 heteroatoms. The van der Waals surface area contributed by atoms with Crippen LogP contribution in [-0.2, 0) is 9.84 Å². The van der Waals surface area contributed by atoms with Crippen LogP contribution >= 0.6 is 0 Å². The fourth-order valence-corrected chi connectivity index (χ4v) is 4.00. The minimum Gasteiger partial charge on any atom is -0.352 e. The van der Waals surface area contributed by atoms with Crippen LogP contribution in [0.4, 0.5) is 0 Å². The van der Waals surface area contributed by atoms with Gasteiger partial charge in [-0.2, -0.15) is 0 Å². The van der Waals surface area contributed by atoms with Gasteiger partial charge in [-0.15, -0.1) is 0 Å². The number of carbonyl (C=O) groups is 1. The van der Waals surface area contributed by atoms with E-state index in [0.29, 0.717) is 24.9 Å². The van der Waals surface area contributed by atoms with Crippen molar-refractivity contribution in [2.45, 2.75) is 12.8 Å². The largest absolute Gasteiger partial charge is 0.352 e. The topological polar surface area (TPSA) is 76.1 Å². The summed E-state index contributed by atoms with van der Waals surface area (Å²) in [5.74, 6) is 0.567. The molecule has 0 aromatic carbocycles. The molecule has 18 heavy (non-hydrogen) atoms. The van der Waals surface area contributed by atoms with Crippen molar-refractivity contribution in [2.75, 3.05) is 18.1 Å². The molecule has 1 aromatic heterocycles. The number of nitrogens with one attached hydrogen (secondary N) is 1. The van der Waals surface area contributed by atoms with E-state index in [2.05, 4.69) is 10.3 Å². The second-order valence-corrected chi connectivity index (χ2v) is 6.78. The summed E-state index contributed by atoms with van der Waals surface area (Å²) in [6.45, 7) is 0.508. The molecule has 0 aliphatic carbocycles. The third kappa shape index (κ3) is 3.53. The van der Waals surface area contributed by atoms with Crippen molar-refractivity contribution in [3.8, 4) is 0 Å². The van der Waals surface area contributed by atoms with Crippen molar-refractivity contribution in [3.05, 3.63) is 30.1 Å². The number of nitrogens with zero attached hydrogens (tertiary/aromatic N) is 1. The van der Waals surface area contributed by atoms with Crippen LogP contribution in [0.3, 0.4) is 0 Å². The second kappa shape index (κ2) is 5.48. The Morgan fingerprint density at radius 3 is 2.94 bits per heavy atom. The zero-order valence-corrected chi connectivity index (χ0v) is 10.8. The maximum Gasteiger partial charge on any atom is 0.252 e. The first-order chi connectivity index (χ1) is 8.57. The number of amides is 1. The van der Waals surface area contributed by atoms with Gasteiger partial charge in [-0.1, -0.05) is 0 Å². The minimum atomic E-state index is -2.82. The molecule has 1 amide bonds. The molecule has 98 valence electrons. The first kappa shape index (κ1) is 13.0. The van der Waals surface area contributed by atoms with Gasteiger partial charge in [0.2, 0.25) is 0 Å². The van der Waals surface area contributed by atoms with Crippen molar-refractivity contribution >= 4 is 15.7 Å². The molecule has 0 saturated carbocycles. The molecule has 1 atom stereocenters. The highest BCUT2D eigenvalue weighted by Crippen LogP contribution is 2.20. The standard InChI is InChI=1S/C12H16N2O3S/c15-12(11-2-1-5-13-8-11)14-6-3-10-4-7-18(16,17)9-10/h1-2,5,8,10H,3-4,6-7,9H2,(H,14,15). The highest BCUT2D eigenvalue weighted by atomic mass is 32.2. The monoisotopic (exact) mass is 268 g/mol. The molecule has 2 heterocycles. The minimum absolute atomic E-state index is 0.163. The van der Waals surface area contributed by atoms with Crippen LogP contribution in [0.5, 0.6) is 0 Å². The van der Waals surface area contributed by atoms with E-state index in [1.54, 1.807) is 18.3 Å². The number of hydrogen-bond acceptors (Lipinski definition) is 4. The molecule has 1 aromatic rings. The van der Waals surface area contributed by atoms with Crippen molar-refractivity contribution in [1.29, 1.82) is 0 Å². The van der Waals surface area contributed by atoms with Crippen LogP contribution < -0.4 is 5.32 Å².